The summed E-state index contributed by atoms with van der Waals surface area (Å²) in [6.07, 6.45) is -4.74. The van der Waals surface area contributed by atoms with Crippen molar-refractivity contribution in [2.24, 2.45) is 0 Å². The molecule has 0 radical (unpaired) electrons. The van der Waals surface area contributed by atoms with Gasteiger partial charge in [-0.3, -0.25) is 0 Å². The van der Waals surface area contributed by atoms with E-state index in [0.29, 0.717) is 0 Å². The van der Waals surface area contributed by atoms with E-state index in [-0.39, 0.29) is 0 Å². The number of phenolic OH excluding ortho intramolecular Hbond substituents is 1. The number of carbonyl (C=O) groups is 1. The normalized spacial score (nSPS) is 11.2. The summed E-state index contributed by atoms with van der Waals surface area (Å²) in [5.74, 6) is -1.97. The van der Waals surface area contributed by atoms with Gasteiger partial charge in [0.2, 0.25) is 0 Å². The number of benzene rings is 1. The van der Waals surface area contributed by atoms with Crippen LogP contribution in [0.1, 0.15) is 15.9 Å². The Kier molecular flexibility index (Phi) is 2.93. The summed E-state index contributed by atoms with van der Waals surface area (Å²) in [4.78, 5) is 10.7. The second-order valence-electron chi connectivity index (χ2n) is 3.01. The van der Waals surface area contributed by atoms with Crippen molar-refractivity contribution in [2.45, 2.75) is 6.18 Å². The van der Waals surface area contributed by atoms with Crippen molar-refractivity contribution in [3.05, 3.63) is 35.9 Å². The molecule has 1 aromatic carbocycles. The van der Waals surface area contributed by atoms with Gasteiger partial charge in [-0.1, -0.05) is 6.58 Å². The maximum atomic E-state index is 12.3. The summed E-state index contributed by atoms with van der Waals surface area (Å²) in [7, 11) is 0. The minimum absolute atomic E-state index is 0.453. The van der Waals surface area contributed by atoms with Gasteiger partial charge in [0.1, 0.15) is 5.75 Å². The molecule has 0 heterocycles. The van der Waals surface area contributed by atoms with E-state index in [9.17, 15) is 18.0 Å². The van der Waals surface area contributed by atoms with Gasteiger partial charge in [-0.25, -0.2) is 4.79 Å². The van der Waals surface area contributed by atoms with Crippen LogP contribution >= 0.6 is 0 Å². The van der Waals surface area contributed by atoms with E-state index < -0.39 is 34.6 Å². The number of alkyl halides is 3. The van der Waals surface area contributed by atoms with E-state index in [2.05, 4.69) is 6.58 Å². The molecular weight excluding hydrogens is 225 g/mol. The molecule has 3 nitrogen and oxygen atoms in total. The van der Waals surface area contributed by atoms with Crippen LogP contribution in [0.4, 0.5) is 13.2 Å². The smallest absolute Gasteiger partial charge is 0.416 e. The van der Waals surface area contributed by atoms with E-state index in [1.54, 1.807) is 0 Å². The van der Waals surface area contributed by atoms with Gasteiger partial charge in [-0.05, 0) is 18.2 Å². The summed E-state index contributed by atoms with van der Waals surface area (Å²) in [6.45, 7) is 2.78. The van der Waals surface area contributed by atoms with Gasteiger partial charge in [-0.15, -0.1) is 0 Å². The third-order valence-electron chi connectivity index (χ3n) is 1.90. The fraction of sp³-hybridized carbons (Fsp3) is 0.100. The third kappa shape index (κ3) is 2.33. The molecule has 0 spiro atoms. The van der Waals surface area contributed by atoms with Crippen LogP contribution in [0.25, 0.3) is 5.57 Å². The predicted molar refractivity (Wildman–Crippen MR) is 50.2 cm³/mol. The summed E-state index contributed by atoms with van der Waals surface area (Å²) >= 11 is 0. The quantitative estimate of drug-likeness (QED) is 0.824. The van der Waals surface area contributed by atoms with Gasteiger partial charge in [0.15, 0.2) is 0 Å². The van der Waals surface area contributed by atoms with Crippen molar-refractivity contribution in [2.75, 3.05) is 0 Å². The predicted octanol–water partition coefficient (Wildman–Crippen LogP) is 2.67. The molecule has 0 bridgehead atoms. The maximum Gasteiger partial charge on any atom is 0.416 e. The number of carboxylic acid groups (broad SMARTS) is 1. The lowest BCUT2D eigenvalue weighted by molar-refractivity contribution is -0.0686. The molecule has 0 atom stereocenters. The highest BCUT2D eigenvalue weighted by molar-refractivity contribution is 5.94. The second kappa shape index (κ2) is 3.88. The first kappa shape index (κ1) is 12.1. The Morgan fingerprint density at radius 1 is 1.25 bits per heavy atom. The highest BCUT2D eigenvalue weighted by Crippen LogP contribution is 2.35. The summed E-state index contributed by atoms with van der Waals surface area (Å²) < 4.78 is 37.0. The van der Waals surface area contributed by atoms with Gasteiger partial charge in [0, 0.05) is 5.56 Å². The molecule has 0 saturated heterocycles. The first-order valence-electron chi connectivity index (χ1n) is 4.06. The zero-order valence-electron chi connectivity index (χ0n) is 7.88. The Hall–Kier alpha value is -1.98. The van der Waals surface area contributed by atoms with Gasteiger partial charge in [0.05, 0.1) is 11.1 Å². The van der Waals surface area contributed by atoms with Crippen molar-refractivity contribution >= 4 is 11.5 Å². The van der Waals surface area contributed by atoms with Crippen molar-refractivity contribution in [1.29, 1.82) is 0 Å². The summed E-state index contributed by atoms with van der Waals surface area (Å²) in [5.41, 5.74) is -2.50. The van der Waals surface area contributed by atoms with Gasteiger partial charge in [0.25, 0.3) is 0 Å². The minimum Gasteiger partial charge on any atom is -0.508 e. The number of allylic oxidation sites excluding steroid dienone is 1. The van der Waals surface area contributed by atoms with Gasteiger partial charge < -0.3 is 10.2 Å². The van der Waals surface area contributed by atoms with E-state index in [4.69, 9.17) is 10.2 Å². The molecule has 0 saturated carbocycles. The minimum atomic E-state index is -4.74. The largest absolute Gasteiger partial charge is 0.508 e. The molecule has 0 amide bonds. The standard InChI is InChI=1S/C10H7F3O3/c1-5(10(11,12)13)8-4-6(14)2-3-7(8)9(15)16/h2-4,14H,1H2,(H,15,16). The van der Waals surface area contributed by atoms with Crippen LogP contribution in [-0.2, 0) is 0 Å². The fourth-order valence-corrected chi connectivity index (χ4v) is 1.12. The van der Waals surface area contributed by atoms with Crippen LogP contribution in [0, 0.1) is 0 Å². The van der Waals surface area contributed by atoms with Crippen LogP contribution < -0.4 is 0 Å². The Morgan fingerprint density at radius 3 is 2.25 bits per heavy atom. The monoisotopic (exact) mass is 232 g/mol. The Bertz CT molecular complexity index is 449. The molecule has 0 unspecified atom stereocenters. The van der Waals surface area contributed by atoms with E-state index in [1.165, 1.54) is 0 Å². The molecule has 0 aliphatic rings. The van der Waals surface area contributed by atoms with Gasteiger partial charge >= 0.3 is 12.1 Å². The van der Waals surface area contributed by atoms with Crippen LogP contribution in [0.5, 0.6) is 5.75 Å². The molecule has 2 N–H and O–H groups in total. The Labute approximate surface area is 88.4 Å². The molecule has 86 valence electrons. The average Bonchev–Trinajstić information content (AvgIpc) is 2.14. The molecule has 6 heteroatoms. The highest BCUT2D eigenvalue weighted by Gasteiger charge is 2.35. The second-order valence-corrected chi connectivity index (χ2v) is 3.01. The van der Waals surface area contributed by atoms with E-state index in [0.717, 1.165) is 18.2 Å². The van der Waals surface area contributed by atoms with Crippen molar-refractivity contribution in [1.82, 2.24) is 0 Å². The lowest BCUT2D eigenvalue weighted by Crippen LogP contribution is -2.13. The maximum absolute atomic E-state index is 12.3. The van der Waals surface area contributed by atoms with Crippen molar-refractivity contribution in [3.63, 3.8) is 0 Å². The number of phenols is 1. The highest BCUT2D eigenvalue weighted by atomic mass is 19.4. The molecule has 1 rings (SSSR count). The molecule has 16 heavy (non-hydrogen) atoms. The zero-order chi connectivity index (χ0) is 12.5. The van der Waals surface area contributed by atoms with Gasteiger partial charge in [-0.2, -0.15) is 13.2 Å². The number of hydrogen-bond acceptors (Lipinski definition) is 2. The molecule has 0 aliphatic heterocycles. The Balaban J connectivity index is 3.36. The SMILES string of the molecule is C=C(c1cc(O)ccc1C(=O)O)C(F)(F)F. The molecule has 0 aromatic heterocycles. The Morgan fingerprint density at radius 2 is 1.81 bits per heavy atom. The molecule has 1 aromatic rings. The summed E-state index contributed by atoms with van der Waals surface area (Å²) in [6, 6.07) is 2.61. The van der Waals surface area contributed by atoms with Crippen LogP contribution in [0.15, 0.2) is 24.8 Å². The first-order chi connectivity index (χ1) is 7.23. The number of halogens is 3. The van der Waals surface area contributed by atoms with E-state index >= 15 is 0 Å². The molecule has 0 fully saturated rings. The number of rotatable bonds is 2. The van der Waals surface area contributed by atoms with Crippen molar-refractivity contribution < 1.29 is 28.2 Å². The number of aromatic hydroxyl groups is 1. The van der Waals surface area contributed by atoms with Crippen LogP contribution in [-0.4, -0.2) is 22.4 Å². The van der Waals surface area contributed by atoms with Crippen LogP contribution in [0.2, 0.25) is 0 Å². The first-order valence-corrected chi connectivity index (χ1v) is 4.06. The third-order valence-corrected chi connectivity index (χ3v) is 1.90. The lowest BCUT2D eigenvalue weighted by atomic mass is 10.00. The summed E-state index contributed by atoms with van der Waals surface area (Å²) in [5, 5.41) is 17.7. The lowest BCUT2D eigenvalue weighted by Gasteiger charge is -2.12. The zero-order valence-corrected chi connectivity index (χ0v) is 7.88. The average molecular weight is 232 g/mol. The van der Waals surface area contributed by atoms with E-state index in [1.807, 2.05) is 0 Å². The fourth-order valence-electron chi connectivity index (χ4n) is 1.12. The number of aromatic carboxylic acids is 1. The molecular formula is C10H7F3O3. The van der Waals surface area contributed by atoms with Crippen LogP contribution in [0.3, 0.4) is 0 Å². The van der Waals surface area contributed by atoms with Crippen molar-refractivity contribution in [3.8, 4) is 5.75 Å². The topological polar surface area (TPSA) is 57.5 Å². The number of hydrogen-bond donors (Lipinski definition) is 2. The molecule has 0 aliphatic carbocycles. The number of carboxylic acids is 1.